The number of amides is 1. The molecule has 0 spiro atoms. The summed E-state index contributed by atoms with van der Waals surface area (Å²) in [6.07, 6.45) is 6.54. The van der Waals surface area contributed by atoms with Crippen LogP contribution in [0.4, 0.5) is 0 Å². The smallest absolute Gasteiger partial charge is 0.303 e. The number of carboxylic acids is 1. The second kappa shape index (κ2) is 11.9. The number of nitrogens with zero attached hydrogens (tertiary/aromatic N) is 2. The highest BCUT2D eigenvalue weighted by Crippen LogP contribution is 2.38. The number of benzene rings is 2. The molecule has 10 heteroatoms. The van der Waals surface area contributed by atoms with Crippen molar-refractivity contribution in [2.75, 3.05) is 13.1 Å². The van der Waals surface area contributed by atoms with Gasteiger partial charge in [-0.1, -0.05) is 35.9 Å². The van der Waals surface area contributed by atoms with E-state index in [1.165, 1.54) is 6.42 Å². The van der Waals surface area contributed by atoms with Crippen molar-refractivity contribution >= 4 is 44.4 Å². The molecular formula is C30H36ClN3O5S. The Morgan fingerprint density at radius 2 is 1.68 bits per heavy atom. The lowest BCUT2D eigenvalue weighted by atomic mass is 9.85. The van der Waals surface area contributed by atoms with Crippen LogP contribution in [0, 0.1) is 5.92 Å². The van der Waals surface area contributed by atoms with Gasteiger partial charge >= 0.3 is 5.97 Å². The first-order valence-electron chi connectivity index (χ1n) is 14.0. The van der Waals surface area contributed by atoms with E-state index in [0.717, 1.165) is 48.1 Å². The molecule has 2 aromatic carbocycles. The minimum Gasteiger partial charge on any atom is -0.481 e. The van der Waals surface area contributed by atoms with Crippen LogP contribution >= 0.6 is 11.6 Å². The normalized spacial score (nSPS) is 20.1. The van der Waals surface area contributed by atoms with Crippen LogP contribution < -0.4 is 4.72 Å². The van der Waals surface area contributed by atoms with E-state index in [1.54, 1.807) is 18.2 Å². The van der Waals surface area contributed by atoms with Crippen LogP contribution in [0.25, 0.3) is 22.2 Å². The van der Waals surface area contributed by atoms with E-state index < -0.39 is 16.0 Å². The van der Waals surface area contributed by atoms with Crippen molar-refractivity contribution in [3.05, 3.63) is 53.1 Å². The van der Waals surface area contributed by atoms with Crippen molar-refractivity contribution in [3.8, 4) is 11.3 Å². The highest BCUT2D eigenvalue weighted by atomic mass is 35.5. The predicted molar refractivity (Wildman–Crippen MR) is 156 cm³/mol. The van der Waals surface area contributed by atoms with E-state index in [2.05, 4.69) is 4.72 Å². The molecule has 0 bridgehead atoms. The maximum atomic E-state index is 13.4. The van der Waals surface area contributed by atoms with Crippen LogP contribution in [0.15, 0.2) is 47.4 Å². The van der Waals surface area contributed by atoms with Crippen LogP contribution in [-0.4, -0.2) is 54.0 Å². The first kappa shape index (κ1) is 28.6. The molecule has 2 aliphatic rings. The van der Waals surface area contributed by atoms with Gasteiger partial charge in [0.05, 0.1) is 21.1 Å². The topological polar surface area (TPSA) is 109 Å². The zero-order chi connectivity index (χ0) is 28.4. The number of likely N-dealkylation sites (tertiary alicyclic amines) is 1. The molecule has 214 valence electrons. The SMILES string of the molecule is Cn1c(-c2ccc(CCC(=O)O)cc2)c(Cl)c2ccc(S(=O)(=O)NC3CCC(C(=O)N4CCCCC4)CC3)cc21. The fourth-order valence-corrected chi connectivity index (χ4v) is 7.78. The number of rotatable bonds is 8. The van der Waals surface area contributed by atoms with Crippen molar-refractivity contribution in [3.63, 3.8) is 0 Å². The Balaban J connectivity index is 1.29. The van der Waals surface area contributed by atoms with Crippen LogP contribution in [-0.2, 0) is 33.1 Å². The number of aliphatic carboxylic acids is 1. The third-order valence-electron chi connectivity index (χ3n) is 8.34. The number of hydrogen-bond acceptors (Lipinski definition) is 4. The Morgan fingerprint density at radius 1 is 1.00 bits per heavy atom. The molecule has 0 radical (unpaired) electrons. The van der Waals surface area contributed by atoms with E-state index in [0.29, 0.717) is 42.6 Å². The molecule has 3 aromatic rings. The number of carbonyl (C=O) groups excluding carboxylic acids is 1. The summed E-state index contributed by atoms with van der Waals surface area (Å²) in [6.45, 7) is 1.69. The predicted octanol–water partition coefficient (Wildman–Crippen LogP) is 5.37. The lowest BCUT2D eigenvalue weighted by Crippen LogP contribution is -2.43. The van der Waals surface area contributed by atoms with E-state index >= 15 is 0 Å². The molecule has 1 aromatic heterocycles. The van der Waals surface area contributed by atoms with Gasteiger partial charge in [0.1, 0.15) is 0 Å². The molecular weight excluding hydrogens is 550 g/mol. The Morgan fingerprint density at radius 3 is 2.33 bits per heavy atom. The lowest BCUT2D eigenvalue weighted by Gasteiger charge is -2.34. The number of nitrogens with one attached hydrogen (secondary N) is 1. The van der Waals surface area contributed by atoms with Crippen molar-refractivity contribution < 1.29 is 23.1 Å². The first-order chi connectivity index (χ1) is 19.1. The summed E-state index contributed by atoms with van der Waals surface area (Å²) >= 11 is 6.76. The van der Waals surface area contributed by atoms with Gasteiger partial charge in [0, 0.05) is 43.9 Å². The third kappa shape index (κ3) is 6.06. The number of piperidine rings is 1. The Labute approximate surface area is 240 Å². The number of carbonyl (C=O) groups is 2. The molecule has 2 fully saturated rings. The number of aromatic nitrogens is 1. The Kier molecular flexibility index (Phi) is 8.54. The largest absolute Gasteiger partial charge is 0.481 e. The first-order valence-corrected chi connectivity index (χ1v) is 15.9. The summed E-state index contributed by atoms with van der Waals surface area (Å²) in [4.78, 5) is 25.9. The maximum absolute atomic E-state index is 13.4. The molecule has 0 unspecified atom stereocenters. The van der Waals surface area contributed by atoms with Crippen LogP contribution in [0.5, 0.6) is 0 Å². The number of fused-ring (bicyclic) bond motifs is 1. The quantitative estimate of drug-likeness (QED) is 0.370. The zero-order valence-electron chi connectivity index (χ0n) is 22.7. The molecule has 1 saturated heterocycles. The molecule has 1 saturated carbocycles. The van der Waals surface area contributed by atoms with Gasteiger partial charge in [-0.25, -0.2) is 13.1 Å². The third-order valence-corrected chi connectivity index (χ3v) is 10.2. The average molecular weight is 586 g/mol. The second-order valence-corrected chi connectivity index (χ2v) is 13.1. The number of aryl methyl sites for hydroxylation is 2. The highest BCUT2D eigenvalue weighted by Gasteiger charge is 2.32. The van der Waals surface area contributed by atoms with Crippen LogP contribution in [0.2, 0.25) is 5.02 Å². The molecule has 5 rings (SSSR count). The molecule has 1 aliphatic carbocycles. The van der Waals surface area contributed by atoms with Crippen LogP contribution in [0.3, 0.4) is 0 Å². The molecule has 0 atom stereocenters. The zero-order valence-corrected chi connectivity index (χ0v) is 24.3. The van der Waals surface area contributed by atoms with E-state index in [1.807, 2.05) is 40.8 Å². The lowest BCUT2D eigenvalue weighted by molar-refractivity contribution is -0.138. The minimum atomic E-state index is -3.76. The summed E-state index contributed by atoms with van der Waals surface area (Å²) in [5.74, 6) is -0.611. The summed E-state index contributed by atoms with van der Waals surface area (Å²) in [5, 5.41) is 10.2. The van der Waals surface area contributed by atoms with Crippen molar-refractivity contribution in [1.29, 1.82) is 0 Å². The molecule has 1 aliphatic heterocycles. The van der Waals surface area contributed by atoms with Gasteiger partial charge in [-0.05, 0) is 80.7 Å². The molecule has 1 amide bonds. The number of sulfonamides is 1. The fraction of sp³-hybridized carbons (Fsp3) is 0.467. The highest BCUT2D eigenvalue weighted by molar-refractivity contribution is 7.89. The monoisotopic (exact) mass is 585 g/mol. The van der Waals surface area contributed by atoms with Gasteiger partial charge in [-0.15, -0.1) is 0 Å². The van der Waals surface area contributed by atoms with Gasteiger partial charge < -0.3 is 14.6 Å². The molecule has 8 nitrogen and oxygen atoms in total. The molecule has 40 heavy (non-hydrogen) atoms. The summed E-state index contributed by atoms with van der Waals surface area (Å²) in [5.41, 5.74) is 3.25. The summed E-state index contributed by atoms with van der Waals surface area (Å²) in [6, 6.07) is 12.4. The van der Waals surface area contributed by atoms with Gasteiger partial charge in [-0.3, -0.25) is 9.59 Å². The van der Waals surface area contributed by atoms with Gasteiger partial charge in [-0.2, -0.15) is 0 Å². The number of hydrogen-bond donors (Lipinski definition) is 2. The van der Waals surface area contributed by atoms with Crippen molar-refractivity contribution in [2.45, 2.75) is 68.7 Å². The molecule has 2 heterocycles. The Hall–Kier alpha value is -2.88. The fourth-order valence-electron chi connectivity index (χ4n) is 6.06. The van der Waals surface area contributed by atoms with E-state index in [4.69, 9.17) is 16.7 Å². The van der Waals surface area contributed by atoms with E-state index in [-0.39, 0.29) is 29.2 Å². The van der Waals surface area contributed by atoms with Gasteiger partial charge in [0.15, 0.2) is 0 Å². The van der Waals surface area contributed by atoms with E-state index in [9.17, 15) is 18.0 Å². The minimum absolute atomic E-state index is 0.00892. The molecule has 2 N–H and O–H groups in total. The summed E-state index contributed by atoms with van der Waals surface area (Å²) in [7, 11) is -1.91. The average Bonchev–Trinajstić information content (AvgIpc) is 3.21. The number of carboxylic acid groups (broad SMARTS) is 1. The number of halogens is 1. The second-order valence-electron chi connectivity index (χ2n) is 11.0. The van der Waals surface area contributed by atoms with Gasteiger partial charge in [0.25, 0.3) is 0 Å². The van der Waals surface area contributed by atoms with Crippen molar-refractivity contribution in [1.82, 2.24) is 14.2 Å². The van der Waals surface area contributed by atoms with Gasteiger partial charge in [0.2, 0.25) is 15.9 Å². The maximum Gasteiger partial charge on any atom is 0.303 e. The van der Waals surface area contributed by atoms with Crippen molar-refractivity contribution in [2.24, 2.45) is 13.0 Å². The summed E-state index contributed by atoms with van der Waals surface area (Å²) < 4.78 is 31.5. The Bertz CT molecular complexity index is 1500. The standard InChI is InChI=1S/C30H36ClN3O5S/c1-33-26-19-24(14-15-25(26)28(31)29(33)21-8-5-20(6-9-21)7-16-27(35)36)40(38,39)32-23-12-10-22(11-13-23)30(37)34-17-3-2-4-18-34/h5-6,8-9,14-15,19,22-23,32H,2-4,7,10-13,16-18H2,1H3,(H,35,36). The van der Waals surface area contributed by atoms with Crippen LogP contribution in [0.1, 0.15) is 56.9 Å².